The monoisotopic (exact) mass is 150 g/mol. The van der Waals surface area contributed by atoms with Gasteiger partial charge in [0.05, 0.1) is 7.11 Å². The average molecular weight is 150 g/mol. The van der Waals surface area contributed by atoms with Crippen LogP contribution in [0.3, 0.4) is 0 Å². The Morgan fingerprint density at radius 2 is 2.09 bits per heavy atom. The van der Waals surface area contributed by atoms with E-state index in [4.69, 9.17) is 12.6 Å². The molecule has 0 aromatic heterocycles. The second-order valence-corrected chi connectivity index (χ2v) is 2.34. The summed E-state index contributed by atoms with van der Waals surface area (Å²) in [5.74, 6) is 0.215. The minimum atomic E-state index is -0.400. The maximum atomic E-state index is 12.7. The van der Waals surface area contributed by atoms with E-state index >= 15 is 0 Å². The van der Waals surface area contributed by atoms with Crippen molar-refractivity contribution in [3.8, 4) is 5.75 Å². The number of aryl methyl sites for hydroxylation is 1. The van der Waals surface area contributed by atoms with Crippen molar-refractivity contribution in [1.29, 1.82) is 0 Å². The maximum absolute atomic E-state index is 12.7. The van der Waals surface area contributed by atoms with Gasteiger partial charge in [0.15, 0.2) is 0 Å². The fraction of sp³-hybridized carbons (Fsp3) is 0.250. The molecular formula is C8H8BFO. The molecule has 2 radical (unpaired) electrons. The molecule has 0 atom stereocenters. The van der Waals surface area contributed by atoms with Crippen LogP contribution < -0.4 is 10.2 Å². The summed E-state index contributed by atoms with van der Waals surface area (Å²) in [5, 5.41) is 0. The van der Waals surface area contributed by atoms with Crippen LogP contribution in [-0.4, -0.2) is 15.0 Å². The molecule has 3 heteroatoms. The highest BCUT2D eigenvalue weighted by molar-refractivity contribution is 6.32. The third-order valence-electron chi connectivity index (χ3n) is 1.51. The molecule has 0 spiro atoms. The SMILES string of the molecule is [B]c1cc(OC)c(C)cc1F. The first-order valence-corrected chi connectivity index (χ1v) is 3.24. The quantitative estimate of drug-likeness (QED) is 0.541. The first-order valence-electron chi connectivity index (χ1n) is 3.24. The molecule has 1 aromatic rings. The van der Waals surface area contributed by atoms with Crippen LogP contribution in [0.15, 0.2) is 12.1 Å². The van der Waals surface area contributed by atoms with Crippen LogP contribution in [0.1, 0.15) is 5.56 Å². The Balaban J connectivity index is 3.21. The summed E-state index contributed by atoms with van der Waals surface area (Å²) in [6, 6.07) is 2.83. The summed E-state index contributed by atoms with van der Waals surface area (Å²) in [5.41, 5.74) is 0.867. The highest BCUT2D eigenvalue weighted by atomic mass is 19.1. The highest BCUT2D eigenvalue weighted by Gasteiger charge is 2.02. The van der Waals surface area contributed by atoms with Crippen molar-refractivity contribution >= 4 is 13.3 Å². The summed E-state index contributed by atoms with van der Waals surface area (Å²) in [7, 11) is 6.84. The van der Waals surface area contributed by atoms with E-state index in [9.17, 15) is 4.39 Å². The van der Waals surface area contributed by atoms with E-state index in [1.54, 1.807) is 6.92 Å². The largest absolute Gasteiger partial charge is 0.497 e. The maximum Gasteiger partial charge on any atom is 0.121 e. The lowest BCUT2D eigenvalue weighted by molar-refractivity contribution is 0.411. The van der Waals surface area contributed by atoms with Crippen LogP contribution >= 0.6 is 0 Å². The van der Waals surface area contributed by atoms with Crippen molar-refractivity contribution < 1.29 is 9.13 Å². The Morgan fingerprint density at radius 3 is 2.64 bits per heavy atom. The summed E-state index contributed by atoms with van der Waals surface area (Å²) >= 11 is 0. The van der Waals surface area contributed by atoms with E-state index in [0.29, 0.717) is 5.75 Å². The molecule has 0 bridgehead atoms. The minimum absolute atomic E-state index is 0.118. The van der Waals surface area contributed by atoms with Gasteiger partial charge in [-0.3, -0.25) is 0 Å². The molecule has 0 heterocycles. The third-order valence-corrected chi connectivity index (χ3v) is 1.51. The van der Waals surface area contributed by atoms with Gasteiger partial charge in [-0.15, -0.1) is 0 Å². The van der Waals surface area contributed by atoms with E-state index < -0.39 is 5.82 Å². The number of rotatable bonds is 1. The summed E-state index contributed by atoms with van der Waals surface area (Å²) in [4.78, 5) is 0. The van der Waals surface area contributed by atoms with Crippen LogP contribution in [0.5, 0.6) is 5.75 Å². The van der Waals surface area contributed by atoms with Gasteiger partial charge in [-0.2, -0.15) is 0 Å². The number of halogens is 1. The van der Waals surface area contributed by atoms with Crippen LogP contribution in [0, 0.1) is 12.7 Å². The molecule has 11 heavy (non-hydrogen) atoms. The fourth-order valence-electron chi connectivity index (χ4n) is 0.888. The van der Waals surface area contributed by atoms with Gasteiger partial charge >= 0.3 is 0 Å². The van der Waals surface area contributed by atoms with Gasteiger partial charge in [-0.25, -0.2) is 4.39 Å². The summed E-state index contributed by atoms with van der Waals surface area (Å²) < 4.78 is 17.6. The molecule has 0 N–H and O–H groups in total. The lowest BCUT2D eigenvalue weighted by Gasteiger charge is -2.05. The second kappa shape index (κ2) is 2.95. The summed E-state index contributed by atoms with van der Waals surface area (Å²) in [6.45, 7) is 1.77. The predicted molar refractivity (Wildman–Crippen MR) is 43.1 cm³/mol. The third kappa shape index (κ3) is 1.53. The van der Waals surface area contributed by atoms with Crippen LogP contribution in [0.4, 0.5) is 4.39 Å². The number of methoxy groups -OCH3 is 1. The smallest absolute Gasteiger partial charge is 0.121 e. The molecule has 0 unspecified atom stereocenters. The molecule has 0 amide bonds. The van der Waals surface area contributed by atoms with Crippen molar-refractivity contribution in [3.05, 3.63) is 23.5 Å². The van der Waals surface area contributed by atoms with Crippen LogP contribution in [0.25, 0.3) is 0 Å². The topological polar surface area (TPSA) is 9.23 Å². The molecular weight excluding hydrogens is 142 g/mol. The number of hydrogen-bond acceptors (Lipinski definition) is 1. The Bertz CT molecular complexity index is 273. The highest BCUT2D eigenvalue weighted by Crippen LogP contribution is 2.15. The molecule has 1 rings (SSSR count). The van der Waals surface area contributed by atoms with Gasteiger partial charge < -0.3 is 4.74 Å². The number of benzene rings is 1. The Labute approximate surface area is 66.6 Å². The lowest BCUT2D eigenvalue weighted by atomic mass is 9.94. The molecule has 0 aliphatic rings. The Morgan fingerprint density at radius 1 is 1.45 bits per heavy atom. The van der Waals surface area contributed by atoms with Gasteiger partial charge in [-0.1, -0.05) is 5.46 Å². The first-order chi connectivity index (χ1) is 5.15. The van der Waals surface area contributed by atoms with Crippen molar-refractivity contribution in [2.45, 2.75) is 6.92 Å². The van der Waals surface area contributed by atoms with Gasteiger partial charge in [0.25, 0.3) is 0 Å². The Kier molecular flexibility index (Phi) is 2.18. The van der Waals surface area contributed by atoms with Gasteiger partial charge in [-0.05, 0) is 24.6 Å². The zero-order valence-electron chi connectivity index (χ0n) is 6.52. The standard InChI is InChI=1S/C8H8BFO/c1-5-3-7(10)6(9)4-8(5)11-2/h3-4H,1-2H3. The molecule has 1 aromatic carbocycles. The fourth-order valence-corrected chi connectivity index (χ4v) is 0.888. The van der Waals surface area contributed by atoms with E-state index in [1.807, 2.05) is 0 Å². The molecule has 1 nitrogen and oxygen atoms in total. The predicted octanol–water partition coefficient (Wildman–Crippen LogP) is 0.937. The van der Waals surface area contributed by atoms with E-state index in [-0.39, 0.29) is 5.46 Å². The lowest BCUT2D eigenvalue weighted by Crippen LogP contribution is -2.09. The van der Waals surface area contributed by atoms with E-state index in [0.717, 1.165) is 5.56 Å². The Hall–Kier alpha value is -0.985. The second-order valence-electron chi connectivity index (χ2n) is 2.34. The molecule has 0 aliphatic heterocycles. The zero-order valence-corrected chi connectivity index (χ0v) is 6.52. The molecule has 0 saturated heterocycles. The zero-order chi connectivity index (χ0) is 8.43. The van der Waals surface area contributed by atoms with Crippen LogP contribution in [-0.2, 0) is 0 Å². The van der Waals surface area contributed by atoms with Gasteiger partial charge in [0.2, 0.25) is 0 Å². The van der Waals surface area contributed by atoms with Gasteiger partial charge in [0, 0.05) is 0 Å². The van der Waals surface area contributed by atoms with Gasteiger partial charge in [0.1, 0.15) is 19.4 Å². The molecule has 0 fully saturated rings. The normalized spacial score (nSPS) is 9.73. The van der Waals surface area contributed by atoms with E-state index in [1.165, 1.54) is 19.2 Å². The molecule has 0 saturated carbocycles. The first kappa shape index (κ1) is 8.11. The molecule has 0 aliphatic carbocycles. The summed E-state index contributed by atoms with van der Waals surface area (Å²) in [6.07, 6.45) is 0. The van der Waals surface area contributed by atoms with Crippen molar-refractivity contribution in [2.75, 3.05) is 7.11 Å². The van der Waals surface area contributed by atoms with Crippen molar-refractivity contribution in [2.24, 2.45) is 0 Å². The van der Waals surface area contributed by atoms with E-state index in [2.05, 4.69) is 0 Å². The number of ether oxygens (including phenoxy) is 1. The minimum Gasteiger partial charge on any atom is -0.497 e. The molecule has 56 valence electrons. The van der Waals surface area contributed by atoms with Crippen molar-refractivity contribution in [1.82, 2.24) is 0 Å². The number of hydrogen-bond donors (Lipinski definition) is 0. The average Bonchev–Trinajstić information content (AvgIpc) is 1.97. The van der Waals surface area contributed by atoms with Crippen LogP contribution in [0.2, 0.25) is 0 Å². The van der Waals surface area contributed by atoms with Crippen molar-refractivity contribution in [3.63, 3.8) is 0 Å².